The molecule has 0 spiro atoms. The molecule has 0 radical (unpaired) electrons. The van der Waals surface area contributed by atoms with E-state index in [1.54, 1.807) is 0 Å². The number of benzene rings is 2. The van der Waals surface area contributed by atoms with Crippen LogP contribution in [0.2, 0.25) is 0 Å². The van der Waals surface area contributed by atoms with E-state index in [2.05, 4.69) is 100 Å². The minimum atomic E-state index is -0.346. The van der Waals surface area contributed by atoms with Crippen LogP contribution in [0, 0.1) is 0 Å². The van der Waals surface area contributed by atoms with Crippen molar-refractivity contribution in [3.05, 3.63) is 90.5 Å². The zero-order valence-electron chi connectivity index (χ0n) is 18.6. The van der Waals surface area contributed by atoms with Crippen LogP contribution >= 0.6 is 0 Å². The average molecular weight is 427 g/mol. The molecule has 5 nitrogen and oxygen atoms in total. The van der Waals surface area contributed by atoms with Crippen molar-refractivity contribution >= 4 is 11.4 Å². The van der Waals surface area contributed by atoms with E-state index in [9.17, 15) is 0 Å². The predicted molar refractivity (Wildman–Crippen MR) is 129 cm³/mol. The van der Waals surface area contributed by atoms with E-state index in [0.29, 0.717) is 12.6 Å². The van der Waals surface area contributed by atoms with Gasteiger partial charge in [0.05, 0.1) is 29.4 Å². The van der Waals surface area contributed by atoms with Crippen LogP contribution in [0.1, 0.15) is 31.0 Å². The Bertz CT molecular complexity index is 1160. The van der Waals surface area contributed by atoms with Crippen molar-refractivity contribution in [1.82, 2.24) is 9.47 Å². The van der Waals surface area contributed by atoms with Crippen LogP contribution in [-0.2, 0) is 16.9 Å². The standard InChI is InChI=1S/C27H30N4O/c1-20-28-23-9-4-6-11-25(23)31(20)22-13-16-29(17-14-22)19-27(2)26-12-7-15-30(26)24-10-5-3-8-21(24)18-32-27/h3-12,15,22,28H,1,13-14,16-19H2,2H3. The van der Waals surface area contributed by atoms with E-state index in [4.69, 9.17) is 4.74 Å². The first-order valence-corrected chi connectivity index (χ1v) is 11.6. The largest absolute Gasteiger partial charge is 0.363 e. The molecule has 5 heteroatoms. The fourth-order valence-electron chi connectivity index (χ4n) is 5.66. The Kier molecular flexibility index (Phi) is 4.63. The lowest BCUT2D eigenvalue weighted by molar-refractivity contribution is -0.0725. The van der Waals surface area contributed by atoms with Gasteiger partial charge in [-0.3, -0.25) is 4.90 Å². The number of anilines is 2. The second-order valence-corrected chi connectivity index (χ2v) is 9.38. The number of ether oxygens (including phenoxy) is 1. The Morgan fingerprint density at radius 3 is 2.59 bits per heavy atom. The SMILES string of the molecule is C=C1Nc2ccccc2N1C1CCN(CC2(C)OCc3ccccc3-n3cccc32)CC1. The maximum Gasteiger partial charge on any atom is 0.119 e. The number of para-hydroxylation sites is 3. The van der Waals surface area contributed by atoms with Gasteiger partial charge in [-0.2, -0.15) is 0 Å². The lowest BCUT2D eigenvalue weighted by atomic mass is 9.97. The highest BCUT2D eigenvalue weighted by molar-refractivity contribution is 5.80. The van der Waals surface area contributed by atoms with Crippen molar-refractivity contribution in [2.45, 2.75) is 38.0 Å². The monoisotopic (exact) mass is 426 g/mol. The zero-order chi connectivity index (χ0) is 21.7. The molecule has 4 heterocycles. The van der Waals surface area contributed by atoms with E-state index >= 15 is 0 Å². The molecular weight excluding hydrogens is 396 g/mol. The first-order valence-electron chi connectivity index (χ1n) is 11.6. The summed E-state index contributed by atoms with van der Waals surface area (Å²) in [5, 5.41) is 3.45. The molecule has 1 unspecified atom stereocenters. The molecule has 1 atom stereocenters. The molecule has 1 saturated heterocycles. The third kappa shape index (κ3) is 3.15. The molecule has 1 N–H and O–H groups in total. The number of hydrogen-bond donors (Lipinski definition) is 1. The number of nitrogens with one attached hydrogen (secondary N) is 1. The van der Waals surface area contributed by atoms with Gasteiger partial charge in [0.1, 0.15) is 11.4 Å². The summed E-state index contributed by atoms with van der Waals surface area (Å²) < 4.78 is 8.91. The van der Waals surface area contributed by atoms with Gasteiger partial charge in [-0.05, 0) is 50.1 Å². The van der Waals surface area contributed by atoms with E-state index < -0.39 is 0 Å². The molecule has 32 heavy (non-hydrogen) atoms. The molecule has 0 aliphatic carbocycles. The van der Waals surface area contributed by atoms with Crippen molar-refractivity contribution in [2.24, 2.45) is 0 Å². The number of fused-ring (bicyclic) bond motifs is 4. The third-order valence-corrected chi connectivity index (χ3v) is 7.27. The number of rotatable bonds is 3. The van der Waals surface area contributed by atoms with Gasteiger partial charge in [-0.25, -0.2) is 0 Å². The summed E-state index contributed by atoms with van der Waals surface area (Å²) in [4.78, 5) is 4.97. The molecule has 3 aliphatic rings. The Morgan fingerprint density at radius 2 is 1.75 bits per heavy atom. The minimum absolute atomic E-state index is 0.346. The Labute approximate surface area is 189 Å². The molecule has 1 aromatic heterocycles. The Hall–Kier alpha value is -3.02. The van der Waals surface area contributed by atoms with Crippen molar-refractivity contribution < 1.29 is 4.74 Å². The smallest absolute Gasteiger partial charge is 0.119 e. The summed E-state index contributed by atoms with van der Waals surface area (Å²) in [6.07, 6.45) is 4.40. The Balaban J connectivity index is 1.18. The third-order valence-electron chi connectivity index (χ3n) is 7.27. The highest BCUT2D eigenvalue weighted by Gasteiger charge is 2.38. The van der Waals surface area contributed by atoms with Gasteiger partial charge in [0, 0.05) is 37.4 Å². The Morgan fingerprint density at radius 1 is 1.00 bits per heavy atom. The van der Waals surface area contributed by atoms with Gasteiger partial charge >= 0.3 is 0 Å². The van der Waals surface area contributed by atoms with E-state index in [-0.39, 0.29) is 5.60 Å². The molecule has 0 bridgehead atoms. The molecule has 0 amide bonds. The fourth-order valence-corrected chi connectivity index (χ4v) is 5.66. The summed E-state index contributed by atoms with van der Waals surface area (Å²) >= 11 is 0. The molecule has 1 fully saturated rings. The van der Waals surface area contributed by atoms with Crippen LogP contribution in [0.5, 0.6) is 0 Å². The molecule has 3 aliphatic heterocycles. The maximum atomic E-state index is 6.60. The van der Waals surface area contributed by atoms with Crippen molar-refractivity contribution in [1.29, 1.82) is 0 Å². The second kappa shape index (κ2) is 7.54. The fraction of sp³-hybridized carbons (Fsp3) is 0.333. The molecule has 164 valence electrons. The van der Waals surface area contributed by atoms with Gasteiger partial charge in [0.2, 0.25) is 0 Å². The minimum Gasteiger partial charge on any atom is -0.363 e. The van der Waals surface area contributed by atoms with Crippen LogP contribution in [0.25, 0.3) is 5.69 Å². The summed E-state index contributed by atoms with van der Waals surface area (Å²) in [7, 11) is 0. The number of piperidine rings is 1. The summed E-state index contributed by atoms with van der Waals surface area (Å²) in [5.74, 6) is 0.999. The van der Waals surface area contributed by atoms with Crippen LogP contribution in [0.15, 0.2) is 79.3 Å². The lowest BCUT2D eigenvalue weighted by Gasteiger charge is -2.41. The topological polar surface area (TPSA) is 32.7 Å². The highest BCUT2D eigenvalue weighted by atomic mass is 16.5. The zero-order valence-corrected chi connectivity index (χ0v) is 18.6. The highest BCUT2D eigenvalue weighted by Crippen LogP contribution is 2.40. The lowest BCUT2D eigenvalue weighted by Crippen LogP contribution is -2.48. The number of likely N-dealkylation sites (tertiary alicyclic amines) is 1. The predicted octanol–water partition coefficient (Wildman–Crippen LogP) is 5.09. The molecular formula is C27H30N4O. The van der Waals surface area contributed by atoms with Crippen LogP contribution in [0.3, 0.4) is 0 Å². The van der Waals surface area contributed by atoms with E-state index in [0.717, 1.165) is 38.3 Å². The average Bonchev–Trinajstić information content (AvgIpc) is 3.41. The first-order chi connectivity index (χ1) is 15.6. The van der Waals surface area contributed by atoms with Gasteiger partial charge in [0.25, 0.3) is 0 Å². The van der Waals surface area contributed by atoms with E-state index in [1.807, 2.05) is 0 Å². The quantitative estimate of drug-likeness (QED) is 0.632. The normalized spacial score (nSPS) is 23.3. The van der Waals surface area contributed by atoms with Crippen molar-refractivity contribution in [3.63, 3.8) is 0 Å². The van der Waals surface area contributed by atoms with Gasteiger partial charge in [0.15, 0.2) is 0 Å². The van der Waals surface area contributed by atoms with Crippen LogP contribution < -0.4 is 10.2 Å². The number of nitrogens with zero attached hydrogens (tertiary/aromatic N) is 3. The van der Waals surface area contributed by atoms with E-state index in [1.165, 1.54) is 28.3 Å². The second-order valence-electron chi connectivity index (χ2n) is 9.38. The first kappa shape index (κ1) is 19.6. The molecule has 0 saturated carbocycles. The maximum absolute atomic E-state index is 6.60. The molecule has 2 aromatic carbocycles. The summed E-state index contributed by atoms with van der Waals surface area (Å²) in [6.45, 7) is 10.2. The van der Waals surface area contributed by atoms with Crippen LogP contribution in [-0.4, -0.2) is 35.1 Å². The number of hydrogen-bond acceptors (Lipinski definition) is 4. The molecule has 6 rings (SSSR count). The summed E-state index contributed by atoms with van der Waals surface area (Å²) in [6, 6.07) is 21.9. The summed E-state index contributed by atoms with van der Waals surface area (Å²) in [5.41, 5.74) is 5.78. The number of aromatic nitrogens is 1. The van der Waals surface area contributed by atoms with Crippen molar-refractivity contribution in [3.8, 4) is 5.69 Å². The van der Waals surface area contributed by atoms with Crippen molar-refractivity contribution in [2.75, 3.05) is 29.9 Å². The van der Waals surface area contributed by atoms with Gasteiger partial charge in [-0.1, -0.05) is 36.9 Å². The molecule has 3 aromatic rings. The van der Waals surface area contributed by atoms with Gasteiger partial charge in [-0.15, -0.1) is 0 Å². The van der Waals surface area contributed by atoms with Crippen LogP contribution in [0.4, 0.5) is 11.4 Å². The van der Waals surface area contributed by atoms with Gasteiger partial charge < -0.3 is 19.5 Å².